The SMILES string of the molecule is CCC(C(=O)O)n1nc(C)c2nn(-c3ccccc3)c(C)c2c1=O. The Balaban J connectivity index is 2.33. The third kappa shape index (κ3) is 2.38. The molecule has 0 aliphatic rings. The Hall–Kier alpha value is -2.96. The molecule has 7 heteroatoms. The van der Waals surface area contributed by atoms with Gasteiger partial charge in [0, 0.05) is 0 Å². The van der Waals surface area contributed by atoms with Crippen molar-refractivity contribution in [1.82, 2.24) is 19.6 Å². The summed E-state index contributed by atoms with van der Waals surface area (Å²) in [5.41, 5.74) is 2.10. The summed E-state index contributed by atoms with van der Waals surface area (Å²) in [7, 11) is 0. The van der Waals surface area contributed by atoms with Gasteiger partial charge in [0.05, 0.1) is 22.5 Å². The van der Waals surface area contributed by atoms with Gasteiger partial charge in [0.1, 0.15) is 5.52 Å². The van der Waals surface area contributed by atoms with Crippen LogP contribution in [0.1, 0.15) is 30.8 Å². The Morgan fingerprint density at radius 1 is 1.21 bits per heavy atom. The summed E-state index contributed by atoms with van der Waals surface area (Å²) < 4.78 is 2.75. The van der Waals surface area contributed by atoms with Crippen molar-refractivity contribution in [3.63, 3.8) is 0 Å². The van der Waals surface area contributed by atoms with Crippen molar-refractivity contribution in [3.05, 3.63) is 52.1 Å². The summed E-state index contributed by atoms with van der Waals surface area (Å²) in [4.78, 5) is 24.3. The van der Waals surface area contributed by atoms with Gasteiger partial charge in [-0.15, -0.1) is 0 Å². The molecule has 24 heavy (non-hydrogen) atoms. The number of carboxylic acid groups (broad SMARTS) is 1. The van der Waals surface area contributed by atoms with E-state index in [1.54, 1.807) is 25.5 Å². The van der Waals surface area contributed by atoms with Crippen LogP contribution in [0.25, 0.3) is 16.6 Å². The molecule has 0 spiro atoms. The second-order valence-electron chi connectivity index (χ2n) is 5.65. The van der Waals surface area contributed by atoms with Crippen molar-refractivity contribution in [2.24, 2.45) is 0 Å². The fraction of sp³-hybridized carbons (Fsp3) is 0.294. The van der Waals surface area contributed by atoms with Crippen LogP contribution in [0.3, 0.4) is 0 Å². The van der Waals surface area contributed by atoms with Crippen LogP contribution >= 0.6 is 0 Å². The van der Waals surface area contributed by atoms with Crippen molar-refractivity contribution in [2.75, 3.05) is 0 Å². The van der Waals surface area contributed by atoms with Gasteiger partial charge in [0.2, 0.25) is 0 Å². The second-order valence-corrected chi connectivity index (χ2v) is 5.65. The highest BCUT2D eigenvalue weighted by Gasteiger charge is 2.24. The van der Waals surface area contributed by atoms with Crippen LogP contribution in [0.5, 0.6) is 0 Å². The van der Waals surface area contributed by atoms with Crippen molar-refractivity contribution in [1.29, 1.82) is 0 Å². The molecule has 3 aromatic rings. The number of carbonyl (C=O) groups is 1. The maximum Gasteiger partial charge on any atom is 0.328 e. The fourth-order valence-corrected chi connectivity index (χ4v) is 2.86. The Morgan fingerprint density at radius 2 is 1.88 bits per heavy atom. The number of rotatable bonds is 4. The highest BCUT2D eigenvalue weighted by atomic mass is 16.4. The maximum atomic E-state index is 12.8. The van der Waals surface area contributed by atoms with Crippen LogP contribution in [0, 0.1) is 13.8 Å². The molecule has 1 unspecified atom stereocenters. The molecular weight excluding hydrogens is 308 g/mol. The van der Waals surface area contributed by atoms with E-state index >= 15 is 0 Å². The quantitative estimate of drug-likeness (QED) is 0.794. The lowest BCUT2D eigenvalue weighted by Crippen LogP contribution is -2.32. The van der Waals surface area contributed by atoms with Crippen LogP contribution in [-0.2, 0) is 4.79 Å². The van der Waals surface area contributed by atoms with Gasteiger partial charge in [0.15, 0.2) is 6.04 Å². The molecule has 0 radical (unpaired) electrons. The topological polar surface area (TPSA) is 90.0 Å². The Kier molecular flexibility index (Phi) is 3.92. The molecule has 3 rings (SSSR count). The average molecular weight is 326 g/mol. The molecule has 2 heterocycles. The lowest BCUT2D eigenvalue weighted by molar-refractivity contribution is -0.141. The number of hydrogen-bond acceptors (Lipinski definition) is 4. The van der Waals surface area contributed by atoms with Crippen LogP contribution < -0.4 is 5.56 Å². The third-order valence-electron chi connectivity index (χ3n) is 4.11. The fourth-order valence-electron chi connectivity index (χ4n) is 2.86. The predicted molar refractivity (Wildman–Crippen MR) is 89.6 cm³/mol. The first-order chi connectivity index (χ1) is 11.5. The number of benzene rings is 1. The number of aryl methyl sites for hydroxylation is 2. The number of nitrogens with zero attached hydrogens (tertiary/aromatic N) is 4. The lowest BCUT2D eigenvalue weighted by Gasteiger charge is -2.13. The monoisotopic (exact) mass is 326 g/mol. The average Bonchev–Trinajstić information content (AvgIpc) is 2.91. The molecule has 124 valence electrons. The van der Waals surface area contributed by atoms with E-state index in [0.717, 1.165) is 10.4 Å². The van der Waals surface area contributed by atoms with Crippen molar-refractivity contribution >= 4 is 16.9 Å². The zero-order valence-electron chi connectivity index (χ0n) is 13.7. The van der Waals surface area contributed by atoms with Crippen LogP contribution in [-0.4, -0.2) is 30.6 Å². The molecule has 7 nitrogen and oxygen atoms in total. The van der Waals surface area contributed by atoms with Gasteiger partial charge in [-0.25, -0.2) is 14.2 Å². The van der Waals surface area contributed by atoms with Crippen LogP contribution in [0.15, 0.2) is 35.1 Å². The standard InChI is InChI=1S/C17H18N4O3/c1-4-13(17(23)24)21-16(22)14-11(3)20(12-8-6-5-7-9-12)19-15(14)10(2)18-21/h5-9,13H,4H2,1-3H3,(H,23,24). The summed E-state index contributed by atoms with van der Waals surface area (Å²) in [5.74, 6) is -1.07. The summed E-state index contributed by atoms with van der Waals surface area (Å²) in [6.07, 6.45) is 0.277. The number of para-hydroxylation sites is 1. The largest absolute Gasteiger partial charge is 0.480 e. The van der Waals surface area contributed by atoms with E-state index in [4.69, 9.17) is 0 Å². The van der Waals surface area contributed by atoms with E-state index in [9.17, 15) is 14.7 Å². The van der Waals surface area contributed by atoms with E-state index in [2.05, 4.69) is 10.2 Å². The van der Waals surface area contributed by atoms with E-state index in [0.29, 0.717) is 22.3 Å². The molecule has 1 aromatic carbocycles. The minimum absolute atomic E-state index is 0.277. The normalized spacial score (nSPS) is 12.5. The number of fused-ring (bicyclic) bond motifs is 1. The predicted octanol–water partition coefficient (Wildman–Crippen LogP) is 2.23. The van der Waals surface area contributed by atoms with Gasteiger partial charge >= 0.3 is 5.97 Å². The maximum absolute atomic E-state index is 12.8. The lowest BCUT2D eigenvalue weighted by atomic mass is 10.2. The van der Waals surface area contributed by atoms with E-state index in [1.165, 1.54) is 0 Å². The highest BCUT2D eigenvalue weighted by Crippen LogP contribution is 2.21. The molecule has 0 amide bonds. The van der Waals surface area contributed by atoms with Gasteiger partial charge in [-0.3, -0.25) is 4.79 Å². The Bertz CT molecular complexity index is 973. The van der Waals surface area contributed by atoms with Crippen LogP contribution in [0.4, 0.5) is 0 Å². The molecule has 0 bridgehead atoms. The van der Waals surface area contributed by atoms with Gasteiger partial charge < -0.3 is 5.11 Å². The molecular formula is C17H18N4O3. The molecule has 0 saturated heterocycles. The van der Waals surface area contributed by atoms with E-state index in [1.807, 2.05) is 30.3 Å². The smallest absolute Gasteiger partial charge is 0.328 e. The van der Waals surface area contributed by atoms with Crippen molar-refractivity contribution < 1.29 is 9.90 Å². The first-order valence-electron chi connectivity index (χ1n) is 7.72. The summed E-state index contributed by atoms with van der Waals surface area (Å²) in [6.45, 7) is 5.25. The summed E-state index contributed by atoms with van der Waals surface area (Å²) in [5, 5.41) is 18.5. The second kappa shape index (κ2) is 5.92. The van der Waals surface area contributed by atoms with E-state index < -0.39 is 17.6 Å². The van der Waals surface area contributed by atoms with Crippen LogP contribution in [0.2, 0.25) is 0 Å². The Morgan fingerprint density at radius 3 is 2.46 bits per heavy atom. The molecule has 0 aliphatic carbocycles. The van der Waals surface area contributed by atoms with Crippen molar-refractivity contribution in [3.8, 4) is 5.69 Å². The summed E-state index contributed by atoms with van der Waals surface area (Å²) in [6, 6.07) is 8.49. The number of aliphatic carboxylic acids is 1. The number of aromatic nitrogens is 4. The number of carboxylic acids is 1. The van der Waals surface area contributed by atoms with Crippen molar-refractivity contribution in [2.45, 2.75) is 33.2 Å². The third-order valence-corrected chi connectivity index (χ3v) is 4.11. The molecule has 0 aliphatic heterocycles. The number of hydrogen-bond donors (Lipinski definition) is 1. The van der Waals surface area contributed by atoms with Gasteiger partial charge in [-0.1, -0.05) is 25.1 Å². The molecule has 1 atom stereocenters. The first kappa shape index (κ1) is 15.9. The van der Waals surface area contributed by atoms with Gasteiger partial charge in [0.25, 0.3) is 5.56 Å². The minimum atomic E-state index is -1.07. The first-order valence-corrected chi connectivity index (χ1v) is 7.72. The molecule has 0 fully saturated rings. The molecule has 2 aromatic heterocycles. The zero-order chi connectivity index (χ0) is 17.4. The molecule has 1 N–H and O–H groups in total. The molecule has 0 saturated carbocycles. The van der Waals surface area contributed by atoms with Gasteiger partial charge in [-0.05, 0) is 32.4 Å². The minimum Gasteiger partial charge on any atom is -0.480 e. The van der Waals surface area contributed by atoms with E-state index in [-0.39, 0.29) is 6.42 Å². The van der Waals surface area contributed by atoms with Gasteiger partial charge in [-0.2, -0.15) is 10.2 Å². The highest BCUT2D eigenvalue weighted by molar-refractivity contribution is 5.83. The Labute approximate surface area is 138 Å². The summed E-state index contributed by atoms with van der Waals surface area (Å²) >= 11 is 0. The zero-order valence-corrected chi connectivity index (χ0v) is 13.7.